The van der Waals surface area contributed by atoms with E-state index >= 15 is 0 Å². The monoisotopic (exact) mass is 278 g/mol. The molecule has 1 heterocycles. The van der Waals surface area contributed by atoms with Crippen molar-refractivity contribution in [2.45, 2.75) is 20.4 Å². The van der Waals surface area contributed by atoms with Gasteiger partial charge in [0.05, 0.1) is 20.8 Å². The number of thiazole rings is 1. The minimum Gasteiger partial charge on any atom is -0.493 e. The van der Waals surface area contributed by atoms with E-state index in [2.05, 4.69) is 15.7 Å². The molecule has 0 saturated heterocycles. The Balaban J connectivity index is 2.15. The summed E-state index contributed by atoms with van der Waals surface area (Å²) in [4.78, 5) is 4.43. The number of benzene rings is 1. The maximum Gasteiger partial charge on any atom is 0.162 e. The minimum atomic E-state index is 0.717. The molecule has 0 aliphatic carbocycles. The Morgan fingerprint density at radius 2 is 1.84 bits per heavy atom. The maximum atomic E-state index is 5.31. The van der Waals surface area contributed by atoms with Crippen molar-refractivity contribution in [3.05, 3.63) is 33.8 Å². The van der Waals surface area contributed by atoms with Gasteiger partial charge in [-0.3, -0.25) is 0 Å². The van der Waals surface area contributed by atoms with Crippen molar-refractivity contribution in [3.8, 4) is 11.5 Å². The minimum absolute atomic E-state index is 0.717. The van der Waals surface area contributed by atoms with Gasteiger partial charge < -0.3 is 14.8 Å². The predicted molar refractivity (Wildman–Crippen MR) is 78.5 cm³/mol. The van der Waals surface area contributed by atoms with E-state index in [1.807, 2.05) is 26.0 Å². The number of hydrogen-bond acceptors (Lipinski definition) is 5. The molecule has 0 amide bonds. The van der Waals surface area contributed by atoms with Gasteiger partial charge in [0.15, 0.2) is 11.5 Å². The summed E-state index contributed by atoms with van der Waals surface area (Å²) in [5, 5.41) is 6.51. The standard InChI is InChI=1S/C14H18N2O2S/c1-9-5-12(17-3)13(18-4)6-11(9)15-7-14-16-10(2)8-19-14/h5-6,8,15H,7H2,1-4H3. The largest absolute Gasteiger partial charge is 0.493 e. The lowest BCUT2D eigenvalue weighted by molar-refractivity contribution is 0.355. The van der Waals surface area contributed by atoms with E-state index < -0.39 is 0 Å². The van der Waals surface area contributed by atoms with Gasteiger partial charge in [0, 0.05) is 22.8 Å². The second-order valence-electron chi connectivity index (χ2n) is 4.26. The Morgan fingerprint density at radius 3 is 2.42 bits per heavy atom. The van der Waals surface area contributed by atoms with E-state index in [0.717, 1.165) is 40.0 Å². The molecule has 0 radical (unpaired) electrons. The normalized spacial score (nSPS) is 10.3. The number of nitrogens with one attached hydrogen (secondary N) is 1. The van der Waals surface area contributed by atoms with E-state index in [1.165, 1.54) is 0 Å². The second-order valence-corrected chi connectivity index (χ2v) is 5.20. The van der Waals surface area contributed by atoms with Crippen LogP contribution in [-0.4, -0.2) is 19.2 Å². The van der Waals surface area contributed by atoms with Gasteiger partial charge in [0.1, 0.15) is 5.01 Å². The first-order chi connectivity index (χ1) is 9.13. The van der Waals surface area contributed by atoms with Crippen LogP contribution in [-0.2, 0) is 6.54 Å². The van der Waals surface area contributed by atoms with Crippen molar-refractivity contribution in [3.63, 3.8) is 0 Å². The third-order valence-corrected chi connectivity index (χ3v) is 3.79. The van der Waals surface area contributed by atoms with Crippen LogP contribution in [0.2, 0.25) is 0 Å². The first-order valence-corrected chi connectivity index (χ1v) is 6.89. The summed E-state index contributed by atoms with van der Waals surface area (Å²) in [5.41, 5.74) is 3.21. The molecule has 1 aromatic carbocycles. The van der Waals surface area contributed by atoms with Gasteiger partial charge >= 0.3 is 0 Å². The Labute approximate surface area is 117 Å². The second kappa shape index (κ2) is 5.93. The van der Waals surface area contributed by atoms with Crippen LogP contribution in [0.3, 0.4) is 0 Å². The van der Waals surface area contributed by atoms with E-state index in [9.17, 15) is 0 Å². The molecule has 0 aliphatic heterocycles. The summed E-state index contributed by atoms with van der Waals surface area (Å²) in [6.07, 6.45) is 0. The van der Waals surface area contributed by atoms with Gasteiger partial charge in [-0.2, -0.15) is 0 Å². The van der Waals surface area contributed by atoms with Gasteiger partial charge in [0.25, 0.3) is 0 Å². The molecule has 0 atom stereocenters. The fraction of sp³-hybridized carbons (Fsp3) is 0.357. The molecule has 0 unspecified atom stereocenters. The summed E-state index contributed by atoms with van der Waals surface area (Å²) in [6.45, 7) is 4.76. The van der Waals surface area contributed by atoms with Crippen molar-refractivity contribution in [1.82, 2.24) is 4.98 Å². The van der Waals surface area contributed by atoms with E-state index in [0.29, 0.717) is 0 Å². The number of nitrogens with zero attached hydrogens (tertiary/aromatic N) is 1. The molecule has 0 aliphatic rings. The zero-order chi connectivity index (χ0) is 13.8. The van der Waals surface area contributed by atoms with Crippen molar-refractivity contribution < 1.29 is 9.47 Å². The smallest absolute Gasteiger partial charge is 0.162 e. The highest BCUT2D eigenvalue weighted by Crippen LogP contribution is 2.33. The van der Waals surface area contributed by atoms with Crippen LogP contribution >= 0.6 is 11.3 Å². The van der Waals surface area contributed by atoms with Crippen molar-refractivity contribution in [2.75, 3.05) is 19.5 Å². The highest BCUT2D eigenvalue weighted by Gasteiger charge is 2.08. The third kappa shape index (κ3) is 3.17. The Hall–Kier alpha value is -1.75. The number of rotatable bonds is 5. The van der Waals surface area contributed by atoms with Crippen LogP contribution in [0.4, 0.5) is 5.69 Å². The molecule has 0 spiro atoms. The van der Waals surface area contributed by atoms with Gasteiger partial charge in [0.2, 0.25) is 0 Å². The summed E-state index contributed by atoms with van der Waals surface area (Å²) in [7, 11) is 3.28. The van der Waals surface area contributed by atoms with Gasteiger partial charge in [-0.1, -0.05) is 0 Å². The lowest BCUT2D eigenvalue weighted by Gasteiger charge is -2.13. The van der Waals surface area contributed by atoms with Crippen LogP contribution in [0.1, 0.15) is 16.3 Å². The molecular formula is C14H18N2O2S. The molecule has 102 valence electrons. The topological polar surface area (TPSA) is 43.4 Å². The zero-order valence-electron chi connectivity index (χ0n) is 11.6. The number of hydrogen-bond donors (Lipinski definition) is 1. The molecule has 2 rings (SSSR count). The molecule has 0 fully saturated rings. The quantitative estimate of drug-likeness (QED) is 0.910. The SMILES string of the molecule is COc1cc(C)c(NCc2nc(C)cs2)cc1OC. The fourth-order valence-corrected chi connectivity index (χ4v) is 2.54. The summed E-state index contributed by atoms with van der Waals surface area (Å²) < 4.78 is 10.6. The molecule has 4 nitrogen and oxygen atoms in total. The summed E-state index contributed by atoms with van der Waals surface area (Å²) >= 11 is 1.66. The molecule has 19 heavy (non-hydrogen) atoms. The van der Waals surface area contributed by atoms with Crippen LogP contribution in [0.5, 0.6) is 11.5 Å². The average molecular weight is 278 g/mol. The van der Waals surface area contributed by atoms with Gasteiger partial charge in [-0.05, 0) is 25.5 Å². The lowest BCUT2D eigenvalue weighted by atomic mass is 10.1. The van der Waals surface area contributed by atoms with Crippen LogP contribution in [0, 0.1) is 13.8 Å². The first kappa shape index (κ1) is 13.7. The number of methoxy groups -OCH3 is 2. The predicted octanol–water partition coefficient (Wildman–Crippen LogP) is 3.39. The van der Waals surface area contributed by atoms with Gasteiger partial charge in [-0.25, -0.2) is 4.98 Å². The third-order valence-electron chi connectivity index (χ3n) is 2.83. The van der Waals surface area contributed by atoms with Crippen LogP contribution in [0.25, 0.3) is 0 Å². The highest BCUT2D eigenvalue weighted by atomic mass is 32.1. The number of ether oxygens (including phenoxy) is 2. The van der Waals surface area contributed by atoms with Crippen molar-refractivity contribution in [1.29, 1.82) is 0 Å². The summed E-state index contributed by atoms with van der Waals surface area (Å²) in [5.74, 6) is 1.47. The molecule has 0 saturated carbocycles. The molecule has 1 aromatic heterocycles. The zero-order valence-corrected chi connectivity index (χ0v) is 12.4. The molecule has 5 heteroatoms. The first-order valence-electron chi connectivity index (χ1n) is 6.01. The van der Waals surface area contributed by atoms with E-state index in [4.69, 9.17) is 9.47 Å². The fourth-order valence-electron chi connectivity index (χ4n) is 1.83. The average Bonchev–Trinajstić information content (AvgIpc) is 2.82. The molecule has 2 aromatic rings. The highest BCUT2D eigenvalue weighted by molar-refractivity contribution is 7.09. The molecule has 0 bridgehead atoms. The van der Waals surface area contributed by atoms with E-state index in [-0.39, 0.29) is 0 Å². The Kier molecular flexibility index (Phi) is 4.27. The van der Waals surface area contributed by atoms with Gasteiger partial charge in [-0.15, -0.1) is 11.3 Å². The number of anilines is 1. The number of aromatic nitrogens is 1. The Bertz CT molecular complexity index is 567. The van der Waals surface area contributed by atoms with Crippen LogP contribution in [0.15, 0.2) is 17.5 Å². The van der Waals surface area contributed by atoms with Crippen LogP contribution < -0.4 is 14.8 Å². The summed E-state index contributed by atoms with van der Waals surface area (Å²) in [6, 6.07) is 3.92. The van der Waals surface area contributed by atoms with E-state index in [1.54, 1.807) is 25.6 Å². The lowest BCUT2D eigenvalue weighted by Crippen LogP contribution is -2.02. The Morgan fingerprint density at radius 1 is 1.16 bits per heavy atom. The number of aryl methyl sites for hydroxylation is 2. The maximum absolute atomic E-state index is 5.31. The van der Waals surface area contributed by atoms with Crippen molar-refractivity contribution >= 4 is 17.0 Å². The van der Waals surface area contributed by atoms with Crippen molar-refractivity contribution in [2.24, 2.45) is 0 Å². The molecule has 1 N–H and O–H groups in total. The molecular weight excluding hydrogens is 260 g/mol.